The second-order valence-corrected chi connectivity index (χ2v) is 3.79. The molecule has 2 atom stereocenters. The van der Waals surface area contributed by atoms with Crippen molar-refractivity contribution in [2.24, 2.45) is 0 Å². The number of rotatable bonds is 4. The van der Waals surface area contributed by atoms with E-state index in [9.17, 15) is 0 Å². The molecule has 0 amide bonds. The van der Waals surface area contributed by atoms with Crippen molar-refractivity contribution in [2.75, 3.05) is 18.5 Å². The number of hydrogen-bond acceptors (Lipinski definition) is 5. The third-order valence-electron chi connectivity index (χ3n) is 2.64. The molecule has 1 saturated heterocycles. The van der Waals surface area contributed by atoms with Crippen molar-refractivity contribution in [3.63, 3.8) is 0 Å². The van der Waals surface area contributed by atoms with Crippen molar-refractivity contribution in [3.05, 3.63) is 12.4 Å². The number of ether oxygens (including phenoxy) is 2. The molecule has 2 heterocycles. The van der Waals surface area contributed by atoms with Gasteiger partial charge in [-0.1, -0.05) is 0 Å². The average Bonchev–Trinajstić information content (AvgIpc) is 2.66. The summed E-state index contributed by atoms with van der Waals surface area (Å²) in [5.74, 6) is 1.40. The summed E-state index contributed by atoms with van der Waals surface area (Å²) in [7, 11) is 0. The first-order valence-corrected chi connectivity index (χ1v) is 5.62. The van der Waals surface area contributed by atoms with Gasteiger partial charge in [0.25, 0.3) is 0 Å². The molecule has 1 aliphatic rings. The fraction of sp³-hybridized carbons (Fsp3) is 0.636. The standard InChI is InChI=1S/C11H17N3O2/c1-3-15-11-6-10(12-7-13-11)14-9-4-5-16-8(9)2/h6-9H,3-5H2,1-2H3,(H,12,13,14). The van der Waals surface area contributed by atoms with E-state index in [2.05, 4.69) is 22.2 Å². The van der Waals surface area contributed by atoms with E-state index >= 15 is 0 Å². The summed E-state index contributed by atoms with van der Waals surface area (Å²) in [5, 5.41) is 3.33. The zero-order valence-corrected chi connectivity index (χ0v) is 9.64. The normalized spacial score (nSPS) is 24.4. The van der Waals surface area contributed by atoms with E-state index in [-0.39, 0.29) is 6.10 Å². The minimum Gasteiger partial charge on any atom is -0.478 e. The number of aromatic nitrogens is 2. The molecular formula is C11H17N3O2. The molecule has 1 aliphatic heterocycles. The van der Waals surface area contributed by atoms with E-state index in [1.54, 1.807) is 0 Å². The Morgan fingerprint density at radius 3 is 3.12 bits per heavy atom. The summed E-state index contributed by atoms with van der Waals surface area (Å²) in [4.78, 5) is 8.18. The van der Waals surface area contributed by atoms with Gasteiger partial charge in [0.05, 0.1) is 18.8 Å². The Hall–Kier alpha value is -1.36. The van der Waals surface area contributed by atoms with Gasteiger partial charge in [0, 0.05) is 12.7 Å². The molecule has 88 valence electrons. The molecule has 16 heavy (non-hydrogen) atoms. The second-order valence-electron chi connectivity index (χ2n) is 3.79. The third kappa shape index (κ3) is 2.61. The van der Waals surface area contributed by atoms with Crippen LogP contribution in [-0.2, 0) is 4.74 Å². The van der Waals surface area contributed by atoms with E-state index < -0.39 is 0 Å². The topological polar surface area (TPSA) is 56.3 Å². The second kappa shape index (κ2) is 5.12. The van der Waals surface area contributed by atoms with Gasteiger partial charge in [-0.05, 0) is 20.3 Å². The molecule has 2 unspecified atom stereocenters. The van der Waals surface area contributed by atoms with Crippen molar-refractivity contribution in [1.29, 1.82) is 0 Å². The minimum atomic E-state index is 0.227. The van der Waals surface area contributed by atoms with Gasteiger partial charge in [-0.15, -0.1) is 0 Å². The maximum atomic E-state index is 5.48. The van der Waals surface area contributed by atoms with Gasteiger partial charge < -0.3 is 14.8 Å². The molecule has 0 spiro atoms. The van der Waals surface area contributed by atoms with Crippen LogP contribution in [0.5, 0.6) is 5.88 Å². The summed E-state index contributed by atoms with van der Waals surface area (Å²) in [6, 6.07) is 2.14. The molecule has 5 nitrogen and oxygen atoms in total. The summed E-state index contributed by atoms with van der Waals surface area (Å²) >= 11 is 0. The van der Waals surface area contributed by atoms with Gasteiger partial charge >= 0.3 is 0 Å². The summed E-state index contributed by atoms with van der Waals surface area (Å²) < 4.78 is 10.8. The maximum Gasteiger partial charge on any atom is 0.218 e. The molecule has 0 saturated carbocycles. The Morgan fingerprint density at radius 2 is 2.44 bits per heavy atom. The van der Waals surface area contributed by atoms with Crippen LogP contribution in [-0.4, -0.2) is 35.3 Å². The maximum absolute atomic E-state index is 5.48. The third-order valence-corrected chi connectivity index (χ3v) is 2.64. The average molecular weight is 223 g/mol. The van der Waals surface area contributed by atoms with Gasteiger partial charge in [0.1, 0.15) is 12.1 Å². The van der Waals surface area contributed by atoms with E-state index in [0.29, 0.717) is 18.5 Å². The lowest BCUT2D eigenvalue weighted by Gasteiger charge is -2.16. The van der Waals surface area contributed by atoms with Crippen molar-refractivity contribution < 1.29 is 9.47 Å². The SMILES string of the molecule is CCOc1cc(NC2CCOC2C)ncn1. The summed E-state index contributed by atoms with van der Waals surface area (Å²) in [6.07, 6.45) is 2.74. The lowest BCUT2D eigenvalue weighted by molar-refractivity contribution is 0.121. The lowest BCUT2D eigenvalue weighted by Crippen LogP contribution is -2.27. The zero-order valence-electron chi connectivity index (χ0n) is 9.64. The quantitative estimate of drug-likeness (QED) is 0.837. The van der Waals surface area contributed by atoms with Gasteiger partial charge in [0.2, 0.25) is 5.88 Å². The predicted octanol–water partition coefficient (Wildman–Crippen LogP) is 1.46. The van der Waals surface area contributed by atoms with Crippen LogP contribution in [0.25, 0.3) is 0 Å². The largest absolute Gasteiger partial charge is 0.478 e. The van der Waals surface area contributed by atoms with E-state index in [1.165, 1.54) is 6.33 Å². The Balaban J connectivity index is 2.00. The zero-order chi connectivity index (χ0) is 11.4. The van der Waals surface area contributed by atoms with Crippen molar-refractivity contribution >= 4 is 5.82 Å². The molecule has 2 rings (SSSR count). The highest BCUT2D eigenvalue weighted by Crippen LogP contribution is 2.19. The summed E-state index contributed by atoms with van der Waals surface area (Å²) in [5.41, 5.74) is 0. The molecule has 1 fully saturated rings. The number of nitrogens with one attached hydrogen (secondary N) is 1. The highest BCUT2D eigenvalue weighted by molar-refractivity contribution is 5.38. The Bertz CT molecular complexity index is 346. The molecule has 0 bridgehead atoms. The molecule has 1 aromatic heterocycles. The first-order valence-electron chi connectivity index (χ1n) is 5.62. The Morgan fingerprint density at radius 1 is 1.56 bits per heavy atom. The smallest absolute Gasteiger partial charge is 0.218 e. The summed E-state index contributed by atoms with van der Waals surface area (Å²) in [6.45, 7) is 5.42. The number of hydrogen-bond donors (Lipinski definition) is 1. The predicted molar refractivity (Wildman–Crippen MR) is 60.6 cm³/mol. The van der Waals surface area contributed by atoms with Crippen molar-refractivity contribution in [2.45, 2.75) is 32.4 Å². The monoisotopic (exact) mass is 223 g/mol. The number of anilines is 1. The number of nitrogens with zero attached hydrogens (tertiary/aromatic N) is 2. The fourth-order valence-electron chi connectivity index (χ4n) is 1.76. The highest BCUT2D eigenvalue weighted by atomic mass is 16.5. The molecule has 1 aromatic rings. The lowest BCUT2D eigenvalue weighted by atomic mass is 10.1. The van der Waals surface area contributed by atoms with E-state index in [1.807, 2.05) is 13.0 Å². The van der Waals surface area contributed by atoms with Crippen LogP contribution in [0.15, 0.2) is 12.4 Å². The van der Waals surface area contributed by atoms with E-state index in [0.717, 1.165) is 18.8 Å². The first-order chi connectivity index (χ1) is 7.79. The molecule has 0 radical (unpaired) electrons. The van der Waals surface area contributed by atoms with Crippen LogP contribution in [0, 0.1) is 0 Å². The van der Waals surface area contributed by atoms with Gasteiger partial charge in [-0.3, -0.25) is 0 Å². The van der Waals surface area contributed by atoms with Gasteiger partial charge in [-0.25, -0.2) is 9.97 Å². The molecular weight excluding hydrogens is 206 g/mol. The van der Waals surface area contributed by atoms with Crippen LogP contribution in [0.2, 0.25) is 0 Å². The van der Waals surface area contributed by atoms with Gasteiger partial charge in [-0.2, -0.15) is 0 Å². The van der Waals surface area contributed by atoms with E-state index in [4.69, 9.17) is 9.47 Å². The van der Waals surface area contributed by atoms with Crippen LogP contribution in [0.1, 0.15) is 20.3 Å². The molecule has 0 aliphatic carbocycles. The van der Waals surface area contributed by atoms with Gasteiger partial charge in [0.15, 0.2) is 0 Å². The van der Waals surface area contributed by atoms with Crippen molar-refractivity contribution in [1.82, 2.24) is 9.97 Å². The fourth-order valence-corrected chi connectivity index (χ4v) is 1.76. The van der Waals surface area contributed by atoms with Crippen molar-refractivity contribution in [3.8, 4) is 5.88 Å². The highest BCUT2D eigenvalue weighted by Gasteiger charge is 2.24. The van der Waals surface area contributed by atoms with Crippen LogP contribution >= 0.6 is 0 Å². The Labute approximate surface area is 95.2 Å². The van der Waals surface area contributed by atoms with Crippen LogP contribution < -0.4 is 10.1 Å². The van der Waals surface area contributed by atoms with Crippen LogP contribution in [0.4, 0.5) is 5.82 Å². The van der Waals surface area contributed by atoms with Crippen LogP contribution in [0.3, 0.4) is 0 Å². The molecule has 0 aromatic carbocycles. The molecule has 1 N–H and O–H groups in total. The molecule has 5 heteroatoms. The Kier molecular flexibility index (Phi) is 3.56. The minimum absolute atomic E-state index is 0.227. The first kappa shape index (κ1) is 11.1.